The number of pyridine rings is 1. The Hall–Kier alpha value is -2.51. The van der Waals surface area contributed by atoms with Gasteiger partial charge in [-0.15, -0.1) is 0 Å². The number of aryl methyl sites for hydroxylation is 1. The first-order chi connectivity index (χ1) is 13.3. The van der Waals surface area contributed by atoms with E-state index in [9.17, 15) is 0 Å². The molecule has 1 N–H and O–H groups in total. The molecule has 0 spiro atoms. The minimum Gasteiger partial charge on any atom is -0.379 e. The number of nitrogens with one attached hydrogen (secondary N) is 1. The van der Waals surface area contributed by atoms with Crippen molar-refractivity contribution in [1.82, 2.24) is 24.4 Å². The van der Waals surface area contributed by atoms with Gasteiger partial charge in [0.25, 0.3) is 0 Å². The molecule has 0 unspecified atom stereocenters. The fourth-order valence-electron chi connectivity index (χ4n) is 3.63. The Morgan fingerprint density at radius 1 is 1.11 bits per heavy atom. The summed E-state index contributed by atoms with van der Waals surface area (Å²) < 4.78 is 7.51. The molecule has 0 aromatic carbocycles. The van der Waals surface area contributed by atoms with Crippen molar-refractivity contribution >= 4 is 16.9 Å². The molecule has 27 heavy (non-hydrogen) atoms. The van der Waals surface area contributed by atoms with Crippen LogP contribution >= 0.6 is 0 Å². The Morgan fingerprint density at radius 3 is 2.74 bits per heavy atom. The highest BCUT2D eigenvalue weighted by Crippen LogP contribution is 2.30. The van der Waals surface area contributed by atoms with Crippen LogP contribution in [0.15, 0.2) is 30.7 Å². The molecule has 4 heterocycles. The summed E-state index contributed by atoms with van der Waals surface area (Å²) in [7, 11) is 0. The Labute approximate surface area is 159 Å². The van der Waals surface area contributed by atoms with E-state index in [1.54, 1.807) is 6.33 Å². The van der Waals surface area contributed by atoms with Gasteiger partial charge in [-0.25, -0.2) is 15.0 Å². The molecule has 1 aliphatic rings. The number of aromatic nitrogens is 4. The molecule has 1 saturated heterocycles. The van der Waals surface area contributed by atoms with Crippen LogP contribution in [0.3, 0.4) is 0 Å². The summed E-state index contributed by atoms with van der Waals surface area (Å²) in [5, 5.41) is 4.59. The van der Waals surface area contributed by atoms with Crippen LogP contribution in [0, 0.1) is 13.8 Å². The maximum Gasteiger partial charge on any atom is 0.151 e. The summed E-state index contributed by atoms with van der Waals surface area (Å²) >= 11 is 0. The van der Waals surface area contributed by atoms with Crippen LogP contribution in [0.2, 0.25) is 0 Å². The summed E-state index contributed by atoms with van der Waals surface area (Å²) in [5.74, 6) is 1.78. The fraction of sp³-hybridized carbons (Fsp3) is 0.450. The maximum atomic E-state index is 5.41. The Bertz CT molecular complexity index is 902. The number of morpholine rings is 1. The predicted molar refractivity (Wildman–Crippen MR) is 106 cm³/mol. The van der Waals surface area contributed by atoms with Gasteiger partial charge in [-0.05, 0) is 44.5 Å². The second-order valence-corrected chi connectivity index (χ2v) is 6.89. The highest BCUT2D eigenvalue weighted by Gasteiger charge is 2.18. The molecule has 1 fully saturated rings. The van der Waals surface area contributed by atoms with Gasteiger partial charge in [-0.3, -0.25) is 9.47 Å². The van der Waals surface area contributed by atoms with Crippen molar-refractivity contribution in [3.63, 3.8) is 0 Å². The van der Waals surface area contributed by atoms with Gasteiger partial charge in [0.1, 0.15) is 18.0 Å². The van der Waals surface area contributed by atoms with Crippen LogP contribution in [-0.2, 0) is 4.74 Å². The van der Waals surface area contributed by atoms with E-state index < -0.39 is 0 Å². The molecule has 1 aliphatic heterocycles. The Balaban J connectivity index is 1.53. The van der Waals surface area contributed by atoms with Gasteiger partial charge in [-0.2, -0.15) is 0 Å². The molecular weight excluding hydrogens is 340 g/mol. The van der Waals surface area contributed by atoms with Crippen LogP contribution in [0.5, 0.6) is 0 Å². The van der Waals surface area contributed by atoms with Gasteiger partial charge in [0.2, 0.25) is 0 Å². The predicted octanol–water partition coefficient (Wildman–Crippen LogP) is 2.57. The van der Waals surface area contributed by atoms with Crippen LogP contribution in [0.25, 0.3) is 16.9 Å². The van der Waals surface area contributed by atoms with E-state index in [-0.39, 0.29) is 0 Å². The zero-order valence-corrected chi connectivity index (χ0v) is 16.0. The van der Waals surface area contributed by atoms with Gasteiger partial charge in [0.05, 0.1) is 18.6 Å². The normalized spacial score (nSPS) is 15.3. The van der Waals surface area contributed by atoms with E-state index in [0.29, 0.717) is 0 Å². The van der Waals surface area contributed by atoms with Gasteiger partial charge >= 0.3 is 0 Å². The zero-order valence-electron chi connectivity index (χ0n) is 16.0. The first kappa shape index (κ1) is 17.9. The van der Waals surface area contributed by atoms with Gasteiger partial charge in [0, 0.05) is 31.5 Å². The SMILES string of the molecule is Cc1c(C)n(-c2ccccn2)c2ncnc(NCCCN3CCOCC3)c12. The van der Waals surface area contributed by atoms with E-state index >= 15 is 0 Å². The molecule has 0 amide bonds. The van der Waals surface area contributed by atoms with E-state index in [2.05, 4.69) is 43.6 Å². The quantitative estimate of drug-likeness (QED) is 0.676. The van der Waals surface area contributed by atoms with Gasteiger partial charge < -0.3 is 10.1 Å². The molecule has 0 bridgehead atoms. The van der Waals surface area contributed by atoms with Crippen molar-refractivity contribution in [1.29, 1.82) is 0 Å². The van der Waals surface area contributed by atoms with Crippen molar-refractivity contribution in [3.8, 4) is 5.82 Å². The third-order valence-corrected chi connectivity index (χ3v) is 5.22. The summed E-state index contributed by atoms with van der Waals surface area (Å²) in [5.41, 5.74) is 3.22. The molecular formula is C20H26N6O. The number of hydrogen-bond acceptors (Lipinski definition) is 6. The number of hydrogen-bond donors (Lipinski definition) is 1. The van der Waals surface area contributed by atoms with E-state index in [0.717, 1.165) is 74.2 Å². The highest BCUT2D eigenvalue weighted by atomic mass is 16.5. The number of ether oxygens (including phenoxy) is 1. The monoisotopic (exact) mass is 366 g/mol. The first-order valence-electron chi connectivity index (χ1n) is 9.53. The minimum absolute atomic E-state index is 0.847. The molecule has 3 aromatic heterocycles. The van der Waals surface area contributed by atoms with Crippen molar-refractivity contribution in [2.75, 3.05) is 44.7 Å². The average molecular weight is 366 g/mol. The molecule has 3 aromatic rings. The molecule has 4 rings (SSSR count). The number of anilines is 1. The van der Waals surface area contributed by atoms with E-state index in [1.807, 2.05) is 24.4 Å². The molecule has 142 valence electrons. The number of fused-ring (bicyclic) bond motifs is 1. The lowest BCUT2D eigenvalue weighted by Crippen LogP contribution is -2.37. The van der Waals surface area contributed by atoms with Crippen LogP contribution in [0.4, 0.5) is 5.82 Å². The third kappa shape index (κ3) is 3.65. The second-order valence-electron chi connectivity index (χ2n) is 6.89. The van der Waals surface area contributed by atoms with Crippen molar-refractivity contribution < 1.29 is 4.74 Å². The van der Waals surface area contributed by atoms with E-state index in [4.69, 9.17) is 4.74 Å². The van der Waals surface area contributed by atoms with Crippen molar-refractivity contribution in [2.24, 2.45) is 0 Å². The summed E-state index contributed by atoms with van der Waals surface area (Å²) in [6.45, 7) is 9.95. The first-order valence-corrected chi connectivity index (χ1v) is 9.53. The van der Waals surface area contributed by atoms with Gasteiger partial charge in [0.15, 0.2) is 5.65 Å². The van der Waals surface area contributed by atoms with Crippen LogP contribution < -0.4 is 5.32 Å². The molecule has 0 saturated carbocycles. The summed E-state index contributed by atoms with van der Waals surface area (Å²) in [4.78, 5) is 16.0. The standard InChI is InChI=1S/C20H26N6O/c1-15-16(2)26(17-6-3-4-7-21-17)20-18(15)19(23-14-24-20)22-8-5-9-25-10-12-27-13-11-25/h3-4,6-7,14H,5,8-13H2,1-2H3,(H,22,23,24). The molecule has 0 atom stereocenters. The second kappa shape index (κ2) is 8.02. The summed E-state index contributed by atoms with van der Waals surface area (Å²) in [6.07, 6.45) is 4.51. The lowest BCUT2D eigenvalue weighted by Gasteiger charge is -2.26. The average Bonchev–Trinajstić information content (AvgIpc) is 2.98. The topological polar surface area (TPSA) is 68.1 Å². The Kier molecular flexibility index (Phi) is 5.31. The van der Waals surface area contributed by atoms with Crippen LogP contribution in [0.1, 0.15) is 17.7 Å². The van der Waals surface area contributed by atoms with Crippen molar-refractivity contribution in [2.45, 2.75) is 20.3 Å². The van der Waals surface area contributed by atoms with Crippen LogP contribution in [-0.4, -0.2) is 63.8 Å². The van der Waals surface area contributed by atoms with Crippen molar-refractivity contribution in [3.05, 3.63) is 42.0 Å². The largest absolute Gasteiger partial charge is 0.379 e. The third-order valence-electron chi connectivity index (χ3n) is 5.22. The molecule has 0 aliphatic carbocycles. The maximum absolute atomic E-state index is 5.41. The number of nitrogens with zero attached hydrogens (tertiary/aromatic N) is 5. The smallest absolute Gasteiger partial charge is 0.151 e. The van der Waals surface area contributed by atoms with Gasteiger partial charge in [-0.1, -0.05) is 6.07 Å². The van der Waals surface area contributed by atoms with E-state index in [1.165, 1.54) is 5.56 Å². The summed E-state index contributed by atoms with van der Waals surface area (Å²) in [6, 6.07) is 5.92. The Morgan fingerprint density at radius 2 is 1.96 bits per heavy atom. The molecule has 7 heteroatoms. The highest BCUT2D eigenvalue weighted by molar-refractivity contribution is 5.92. The zero-order chi connectivity index (χ0) is 18.6. The lowest BCUT2D eigenvalue weighted by molar-refractivity contribution is 0.0378. The molecule has 0 radical (unpaired) electrons. The lowest BCUT2D eigenvalue weighted by atomic mass is 10.2. The molecule has 7 nitrogen and oxygen atoms in total. The fourth-order valence-corrected chi connectivity index (χ4v) is 3.63. The number of rotatable bonds is 6. The minimum atomic E-state index is 0.847.